The lowest BCUT2D eigenvalue weighted by molar-refractivity contribution is 0.126. The van der Waals surface area contributed by atoms with E-state index in [4.69, 9.17) is 9.26 Å². The van der Waals surface area contributed by atoms with Crippen molar-refractivity contribution in [1.29, 1.82) is 0 Å². The summed E-state index contributed by atoms with van der Waals surface area (Å²) >= 11 is 0. The maximum Gasteiger partial charge on any atom is 0.324 e. The van der Waals surface area contributed by atoms with Crippen LogP contribution in [0.2, 0.25) is 0 Å². The largest absolute Gasteiger partial charge is 0.487 e. The number of rotatable bonds is 6. The van der Waals surface area contributed by atoms with Gasteiger partial charge in [0.15, 0.2) is 27.2 Å². The molecule has 0 spiro atoms. The van der Waals surface area contributed by atoms with Crippen LogP contribution in [0, 0.1) is 11.7 Å². The summed E-state index contributed by atoms with van der Waals surface area (Å²) in [6, 6.07) is 4.73. The molecule has 9 heteroatoms. The van der Waals surface area contributed by atoms with E-state index < -0.39 is 15.7 Å². The van der Waals surface area contributed by atoms with Gasteiger partial charge in [0, 0.05) is 25.3 Å². The van der Waals surface area contributed by atoms with Gasteiger partial charge in [0.1, 0.15) is 4.90 Å². The molecule has 1 fully saturated rings. The molecule has 1 aliphatic rings. The Bertz CT molecular complexity index is 921. The van der Waals surface area contributed by atoms with E-state index in [1.54, 1.807) is 0 Å². The third-order valence-corrected chi connectivity index (χ3v) is 6.18. The fraction of sp³-hybridized carbons (Fsp3) is 0.579. The minimum absolute atomic E-state index is 0.0312. The zero-order valence-corrected chi connectivity index (χ0v) is 17.4. The molecule has 0 N–H and O–H groups in total. The summed E-state index contributed by atoms with van der Waals surface area (Å²) < 4.78 is 49.0. The van der Waals surface area contributed by atoms with Gasteiger partial charge in [-0.2, -0.15) is 4.98 Å². The van der Waals surface area contributed by atoms with Gasteiger partial charge in [-0.3, -0.25) is 0 Å². The van der Waals surface area contributed by atoms with Crippen molar-refractivity contribution in [3.63, 3.8) is 0 Å². The van der Waals surface area contributed by atoms with Gasteiger partial charge in [0.05, 0.1) is 6.10 Å². The topological polar surface area (TPSA) is 85.5 Å². The fourth-order valence-corrected chi connectivity index (χ4v) is 4.07. The average Bonchev–Trinajstić information content (AvgIpc) is 3.13. The highest BCUT2D eigenvalue weighted by molar-refractivity contribution is 7.90. The first kappa shape index (κ1) is 20.6. The minimum atomic E-state index is -3.64. The Hall–Kier alpha value is -2.16. The van der Waals surface area contributed by atoms with Crippen molar-refractivity contribution in [1.82, 2.24) is 10.1 Å². The van der Waals surface area contributed by atoms with Gasteiger partial charge in [-0.15, -0.1) is 0 Å². The monoisotopic (exact) mass is 411 g/mol. The van der Waals surface area contributed by atoms with Crippen LogP contribution >= 0.6 is 0 Å². The molecular formula is C19H26FN3O4S. The van der Waals surface area contributed by atoms with Gasteiger partial charge in [0.25, 0.3) is 0 Å². The average molecular weight is 411 g/mol. The van der Waals surface area contributed by atoms with Crippen molar-refractivity contribution >= 4 is 15.9 Å². The van der Waals surface area contributed by atoms with Gasteiger partial charge >= 0.3 is 6.01 Å². The Morgan fingerprint density at radius 1 is 1.25 bits per heavy atom. The number of hydrogen-bond acceptors (Lipinski definition) is 7. The number of halogens is 1. The molecule has 1 atom stereocenters. The number of nitrogens with zero attached hydrogens (tertiary/aromatic N) is 3. The van der Waals surface area contributed by atoms with E-state index in [2.05, 4.69) is 10.1 Å². The Labute approximate surface area is 164 Å². The lowest BCUT2D eigenvalue weighted by Gasteiger charge is -2.33. The fourth-order valence-electron chi connectivity index (χ4n) is 3.31. The van der Waals surface area contributed by atoms with E-state index in [0.29, 0.717) is 11.8 Å². The van der Waals surface area contributed by atoms with Crippen molar-refractivity contribution < 1.29 is 22.1 Å². The number of hydrogen-bond donors (Lipinski definition) is 0. The summed E-state index contributed by atoms with van der Waals surface area (Å²) in [7, 11) is -3.64. The predicted octanol–water partition coefficient (Wildman–Crippen LogP) is 3.42. The predicted molar refractivity (Wildman–Crippen MR) is 103 cm³/mol. The summed E-state index contributed by atoms with van der Waals surface area (Å²) in [4.78, 5) is 6.13. The second kappa shape index (κ2) is 8.06. The molecule has 0 aliphatic carbocycles. The lowest BCUT2D eigenvalue weighted by atomic mass is 9.92. The molecule has 7 nitrogen and oxygen atoms in total. The summed E-state index contributed by atoms with van der Waals surface area (Å²) in [5, 5.41) is 4.00. The molecule has 0 saturated carbocycles. The molecule has 2 aromatic rings. The molecular weight excluding hydrogens is 385 g/mol. The number of sulfone groups is 1. The standard InChI is InChI=1S/C19H26FN3O4S/c1-12(2)18-21-19(27-22-18)23-10-8-14(9-11-23)13(3)26-15-6-5-7-16(17(15)20)28(4,24)25/h5-7,12-14H,8-11H2,1-4H3/t13-/m1/s1. The highest BCUT2D eigenvalue weighted by Crippen LogP contribution is 2.30. The molecule has 3 rings (SSSR count). The molecule has 154 valence electrons. The van der Waals surface area contributed by atoms with E-state index in [0.717, 1.165) is 32.2 Å². The van der Waals surface area contributed by atoms with Crippen LogP contribution in [0.3, 0.4) is 0 Å². The van der Waals surface area contributed by atoms with Crippen LogP contribution in [0.1, 0.15) is 45.4 Å². The molecule has 1 aromatic carbocycles. The summed E-state index contributed by atoms with van der Waals surface area (Å²) in [5.74, 6) is 0.249. The van der Waals surface area contributed by atoms with E-state index in [9.17, 15) is 12.8 Å². The van der Waals surface area contributed by atoms with Crippen LogP contribution in [0.15, 0.2) is 27.6 Å². The molecule has 28 heavy (non-hydrogen) atoms. The van der Waals surface area contributed by atoms with E-state index in [-0.39, 0.29) is 28.6 Å². The molecule has 0 unspecified atom stereocenters. The van der Waals surface area contributed by atoms with Crippen LogP contribution in [0.4, 0.5) is 10.4 Å². The SMILES string of the molecule is CC(C)c1noc(N2CCC([C@@H](C)Oc3cccc(S(C)(=O)=O)c3F)CC2)n1. The maximum atomic E-state index is 14.5. The number of piperidine rings is 1. The molecule has 1 aromatic heterocycles. The first-order valence-corrected chi connectivity index (χ1v) is 11.3. The first-order valence-electron chi connectivity index (χ1n) is 9.40. The quantitative estimate of drug-likeness (QED) is 0.720. The second-order valence-electron chi connectivity index (χ2n) is 7.58. The van der Waals surface area contributed by atoms with E-state index in [1.165, 1.54) is 18.2 Å². The van der Waals surface area contributed by atoms with Crippen LogP contribution in [-0.4, -0.2) is 44.0 Å². The van der Waals surface area contributed by atoms with Gasteiger partial charge in [0.2, 0.25) is 0 Å². The summed E-state index contributed by atoms with van der Waals surface area (Å²) in [6.07, 6.45) is 2.39. The smallest absolute Gasteiger partial charge is 0.324 e. The molecule has 1 aliphatic heterocycles. The molecule has 0 bridgehead atoms. The highest BCUT2D eigenvalue weighted by Gasteiger charge is 2.29. The normalized spacial score (nSPS) is 17.1. The van der Waals surface area contributed by atoms with Gasteiger partial charge in [-0.05, 0) is 37.8 Å². The van der Waals surface area contributed by atoms with Crippen molar-refractivity contribution in [2.75, 3.05) is 24.2 Å². The Morgan fingerprint density at radius 3 is 2.50 bits per heavy atom. The lowest BCUT2D eigenvalue weighted by Crippen LogP contribution is -2.39. The van der Waals surface area contributed by atoms with Gasteiger partial charge in [-0.1, -0.05) is 25.1 Å². The number of anilines is 1. The Balaban J connectivity index is 1.62. The number of benzene rings is 1. The third-order valence-electron chi connectivity index (χ3n) is 5.06. The van der Waals surface area contributed by atoms with Crippen molar-refractivity contribution in [2.45, 2.75) is 50.5 Å². The third kappa shape index (κ3) is 4.45. The van der Waals surface area contributed by atoms with E-state index in [1.807, 2.05) is 25.7 Å². The first-order chi connectivity index (χ1) is 13.2. The Kier molecular flexibility index (Phi) is 5.92. The second-order valence-corrected chi connectivity index (χ2v) is 9.56. The van der Waals surface area contributed by atoms with Gasteiger partial charge in [-0.25, -0.2) is 12.8 Å². The van der Waals surface area contributed by atoms with Crippen molar-refractivity contribution in [3.8, 4) is 5.75 Å². The zero-order valence-electron chi connectivity index (χ0n) is 16.6. The van der Waals surface area contributed by atoms with Crippen LogP contribution in [0.5, 0.6) is 5.75 Å². The van der Waals surface area contributed by atoms with E-state index >= 15 is 0 Å². The molecule has 0 radical (unpaired) electrons. The minimum Gasteiger partial charge on any atom is -0.487 e. The van der Waals surface area contributed by atoms with Crippen LogP contribution < -0.4 is 9.64 Å². The maximum absolute atomic E-state index is 14.5. The molecule has 0 amide bonds. The Morgan fingerprint density at radius 2 is 1.93 bits per heavy atom. The van der Waals surface area contributed by atoms with Crippen molar-refractivity contribution in [3.05, 3.63) is 29.8 Å². The van der Waals surface area contributed by atoms with Crippen molar-refractivity contribution in [2.24, 2.45) is 5.92 Å². The zero-order chi connectivity index (χ0) is 20.5. The van der Waals surface area contributed by atoms with Crippen LogP contribution in [-0.2, 0) is 9.84 Å². The summed E-state index contributed by atoms with van der Waals surface area (Å²) in [5.41, 5.74) is 0. The molecule has 1 saturated heterocycles. The number of ether oxygens (including phenoxy) is 1. The van der Waals surface area contributed by atoms with Gasteiger partial charge < -0.3 is 14.2 Å². The highest BCUT2D eigenvalue weighted by atomic mass is 32.2. The summed E-state index contributed by atoms with van der Waals surface area (Å²) in [6.45, 7) is 7.39. The van der Waals surface area contributed by atoms with Crippen LogP contribution in [0.25, 0.3) is 0 Å². The number of aromatic nitrogens is 2. The molecule has 2 heterocycles.